The molecule has 0 amide bonds. The van der Waals surface area contributed by atoms with Crippen molar-refractivity contribution >= 4 is 28.3 Å². The lowest BCUT2D eigenvalue weighted by Crippen LogP contribution is -2.16. The molecule has 0 fully saturated rings. The largest absolute Gasteiger partial charge is 0.573 e. The van der Waals surface area contributed by atoms with Gasteiger partial charge in [0.05, 0.1) is 4.92 Å². The summed E-state index contributed by atoms with van der Waals surface area (Å²) < 4.78 is 46.8. The molecule has 0 saturated carbocycles. The van der Waals surface area contributed by atoms with Crippen LogP contribution in [0.5, 0.6) is 17.2 Å². The molecule has 0 aliphatic rings. The lowest BCUT2D eigenvalue weighted by Gasteiger charge is -2.12. The summed E-state index contributed by atoms with van der Waals surface area (Å²) in [7, 11) is 0. The molecule has 0 spiro atoms. The Morgan fingerprint density at radius 2 is 1.56 bits per heavy atom. The molecule has 1 unspecified atom stereocenters. The maximum Gasteiger partial charge on any atom is 0.573 e. The first-order valence-corrected chi connectivity index (χ1v) is 11.0. The number of rotatable bonds is 8. The minimum atomic E-state index is -4.81. The van der Waals surface area contributed by atoms with Crippen molar-refractivity contribution in [2.75, 3.05) is 0 Å². The molecule has 3 aromatic rings. The maximum absolute atomic E-state index is 12.3. The molecule has 0 saturated heterocycles. The Morgan fingerprint density at radius 1 is 0.969 bits per heavy atom. The molecule has 3 rings (SSSR count). The summed E-state index contributed by atoms with van der Waals surface area (Å²) in [5, 5.41) is 11.4. The summed E-state index contributed by atoms with van der Waals surface area (Å²) >= 11 is 2.41. The normalized spacial score (nSPS) is 12.3. The summed E-state index contributed by atoms with van der Waals surface area (Å²) in [5.41, 5.74) is 2.53. The molecule has 0 aliphatic carbocycles. The minimum Gasteiger partial charge on any atom is -0.450 e. The number of hydrogen-bond acceptors (Lipinski definition) is 4. The van der Waals surface area contributed by atoms with E-state index in [1.54, 1.807) is 12.1 Å². The summed E-state index contributed by atoms with van der Waals surface area (Å²) in [6.07, 6.45) is -2.65. The number of nitrogens with zero attached hydrogens (tertiary/aromatic N) is 1. The molecule has 0 N–H and O–H groups in total. The van der Waals surface area contributed by atoms with Crippen molar-refractivity contribution in [3.63, 3.8) is 0 Å². The fraction of sp³-hybridized carbons (Fsp3) is 0.217. The van der Waals surface area contributed by atoms with Crippen LogP contribution in [0.25, 0.3) is 11.1 Å². The van der Waals surface area contributed by atoms with Gasteiger partial charge in [0, 0.05) is 9.99 Å². The zero-order chi connectivity index (χ0) is 23.3. The van der Waals surface area contributed by atoms with Crippen molar-refractivity contribution in [2.24, 2.45) is 0 Å². The topological polar surface area (TPSA) is 61.6 Å². The van der Waals surface area contributed by atoms with E-state index >= 15 is 0 Å². The van der Waals surface area contributed by atoms with Crippen LogP contribution in [0.1, 0.15) is 29.3 Å². The second-order valence-corrected chi connectivity index (χ2v) is 8.44. The van der Waals surface area contributed by atoms with Gasteiger partial charge in [0.15, 0.2) is 0 Å². The van der Waals surface area contributed by atoms with Gasteiger partial charge in [-0.05, 0) is 59.5 Å². The van der Waals surface area contributed by atoms with Gasteiger partial charge in [-0.1, -0.05) is 60.2 Å². The van der Waals surface area contributed by atoms with Crippen molar-refractivity contribution in [2.45, 2.75) is 30.1 Å². The van der Waals surface area contributed by atoms with E-state index in [1.807, 2.05) is 24.3 Å². The van der Waals surface area contributed by atoms with E-state index in [1.165, 1.54) is 23.8 Å². The summed E-state index contributed by atoms with van der Waals surface area (Å²) in [6, 6.07) is 17.1. The van der Waals surface area contributed by atoms with Crippen LogP contribution in [-0.2, 0) is 0 Å². The highest BCUT2D eigenvalue weighted by Crippen LogP contribution is 2.37. The van der Waals surface area contributed by atoms with Crippen LogP contribution in [0.2, 0.25) is 0 Å². The van der Waals surface area contributed by atoms with Crippen LogP contribution in [0.4, 0.5) is 18.9 Å². The highest BCUT2D eigenvalue weighted by molar-refractivity contribution is 14.1. The van der Waals surface area contributed by atoms with Gasteiger partial charge >= 0.3 is 12.0 Å². The van der Waals surface area contributed by atoms with Crippen molar-refractivity contribution in [3.05, 3.63) is 82.4 Å². The van der Waals surface area contributed by atoms with Crippen LogP contribution in [0.15, 0.2) is 66.7 Å². The Hall–Kier alpha value is -2.82. The lowest BCUT2D eigenvalue weighted by atomic mass is 10.0. The standard InChI is InChI=1S/C23H19F3INO4/c1-2-3-20(27)16-6-4-15(5-7-16)17-8-13-21(28(29)30)22(14-17)31-18-9-11-19(12-10-18)32-23(24,25)26/h4-14,20H,2-3H2,1H3. The molecule has 0 bridgehead atoms. The minimum absolute atomic E-state index is 0.0150. The molecular weight excluding hydrogens is 538 g/mol. The number of hydrogen-bond donors (Lipinski definition) is 0. The van der Waals surface area contributed by atoms with Gasteiger partial charge in [0.2, 0.25) is 5.75 Å². The number of alkyl halides is 4. The first kappa shape index (κ1) is 23.8. The molecule has 32 heavy (non-hydrogen) atoms. The number of nitro benzene ring substituents is 1. The molecular formula is C23H19F3INO4. The van der Waals surface area contributed by atoms with Crippen LogP contribution in [0, 0.1) is 10.1 Å². The first-order chi connectivity index (χ1) is 15.2. The van der Waals surface area contributed by atoms with Gasteiger partial charge < -0.3 is 9.47 Å². The summed E-state index contributed by atoms with van der Waals surface area (Å²) in [5.74, 6) is -0.286. The number of halogens is 4. The highest BCUT2D eigenvalue weighted by Gasteiger charge is 2.31. The number of benzene rings is 3. The molecule has 5 nitrogen and oxygen atoms in total. The van der Waals surface area contributed by atoms with Crippen molar-refractivity contribution < 1.29 is 27.6 Å². The second kappa shape index (κ2) is 10.2. The predicted octanol–water partition coefficient (Wildman–Crippen LogP) is 8.23. The fourth-order valence-electron chi connectivity index (χ4n) is 3.07. The van der Waals surface area contributed by atoms with E-state index < -0.39 is 17.0 Å². The Balaban J connectivity index is 1.86. The molecule has 0 heterocycles. The molecule has 168 valence electrons. The van der Waals surface area contributed by atoms with Gasteiger partial charge in [-0.2, -0.15) is 0 Å². The maximum atomic E-state index is 12.3. The lowest BCUT2D eigenvalue weighted by molar-refractivity contribution is -0.385. The average molecular weight is 557 g/mol. The van der Waals surface area contributed by atoms with E-state index in [9.17, 15) is 23.3 Å². The van der Waals surface area contributed by atoms with Crippen LogP contribution in [-0.4, -0.2) is 11.3 Å². The van der Waals surface area contributed by atoms with Crippen molar-refractivity contribution in [3.8, 4) is 28.4 Å². The van der Waals surface area contributed by atoms with Gasteiger partial charge in [0.25, 0.3) is 0 Å². The third-order valence-electron chi connectivity index (χ3n) is 4.59. The third kappa shape index (κ3) is 6.35. The number of nitro groups is 1. The van der Waals surface area contributed by atoms with Crippen LogP contribution >= 0.6 is 22.6 Å². The van der Waals surface area contributed by atoms with Crippen LogP contribution < -0.4 is 9.47 Å². The second-order valence-electron chi connectivity index (χ2n) is 6.94. The fourth-order valence-corrected chi connectivity index (χ4v) is 4.11. The third-order valence-corrected chi connectivity index (χ3v) is 5.93. The summed E-state index contributed by atoms with van der Waals surface area (Å²) in [4.78, 5) is 10.9. The molecule has 0 aliphatic heterocycles. The number of ether oxygens (including phenoxy) is 2. The Morgan fingerprint density at radius 3 is 2.12 bits per heavy atom. The van der Waals surface area contributed by atoms with Crippen molar-refractivity contribution in [1.82, 2.24) is 0 Å². The van der Waals surface area contributed by atoms with Gasteiger partial charge in [0.1, 0.15) is 11.5 Å². The Kier molecular flexibility index (Phi) is 7.60. The highest BCUT2D eigenvalue weighted by atomic mass is 127. The monoisotopic (exact) mass is 557 g/mol. The Bertz CT molecular complexity index is 1070. The zero-order valence-electron chi connectivity index (χ0n) is 16.9. The van der Waals surface area contributed by atoms with E-state index in [4.69, 9.17) is 4.74 Å². The van der Waals surface area contributed by atoms with Gasteiger partial charge in [-0.15, -0.1) is 13.2 Å². The molecule has 0 aromatic heterocycles. The van der Waals surface area contributed by atoms with Gasteiger partial charge in [-0.3, -0.25) is 10.1 Å². The van der Waals surface area contributed by atoms with E-state index in [-0.39, 0.29) is 17.2 Å². The average Bonchev–Trinajstić information content (AvgIpc) is 2.74. The van der Waals surface area contributed by atoms with Crippen molar-refractivity contribution in [1.29, 1.82) is 0 Å². The van der Waals surface area contributed by atoms with E-state index in [2.05, 4.69) is 34.3 Å². The SMILES string of the molecule is CCCC(I)c1ccc(-c2ccc([N+](=O)[O-])c(Oc3ccc(OC(F)(F)F)cc3)c2)cc1. The van der Waals surface area contributed by atoms with E-state index in [0.29, 0.717) is 3.92 Å². The van der Waals surface area contributed by atoms with Crippen LogP contribution in [0.3, 0.4) is 0 Å². The van der Waals surface area contributed by atoms with E-state index in [0.717, 1.165) is 36.1 Å². The predicted molar refractivity (Wildman–Crippen MR) is 123 cm³/mol. The molecule has 0 radical (unpaired) electrons. The Labute approximate surface area is 196 Å². The van der Waals surface area contributed by atoms with Gasteiger partial charge in [-0.25, -0.2) is 0 Å². The molecule has 9 heteroatoms. The first-order valence-electron chi connectivity index (χ1n) is 9.73. The zero-order valence-corrected chi connectivity index (χ0v) is 19.1. The molecule has 3 aromatic carbocycles. The quantitative estimate of drug-likeness (QED) is 0.121. The summed E-state index contributed by atoms with van der Waals surface area (Å²) in [6.45, 7) is 2.13. The molecule has 1 atom stereocenters. The smallest absolute Gasteiger partial charge is 0.450 e.